The van der Waals surface area contributed by atoms with E-state index in [0.717, 1.165) is 5.56 Å². The minimum Gasteiger partial charge on any atom is -0.496 e. The van der Waals surface area contributed by atoms with Crippen LogP contribution in [0, 0.1) is 5.41 Å². The van der Waals surface area contributed by atoms with Crippen LogP contribution in [0.5, 0.6) is 5.75 Å². The summed E-state index contributed by atoms with van der Waals surface area (Å²) in [6, 6.07) is 16.9. The molecule has 2 nitrogen and oxygen atoms in total. The summed E-state index contributed by atoms with van der Waals surface area (Å²) in [7, 11) is 1.59. The van der Waals surface area contributed by atoms with Crippen LogP contribution < -0.4 is 4.74 Å². The average molecular weight is 337 g/mol. The summed E-state index contributed by atoms with van der Waals surface area (Å²) in [5.41, 5.74) is -0.594. The van der Waals surface area contributed by atoms with E-state index >= 15 is 0 Å². The predicted octanol–water partition coefficient (Wildman–Crippen LogP) is 4.52. The summed E-state index contributed by atoms with van der Waals surface area (Å²) in [4.78, 5) is 0. The Kier molecular flexibility index (Phi) is 3.67. The van der Waals surface area contributed by atoms with E-state index in [-0.39, 0.29) is 0 Å². The summed E-state index contributed by atoms with van der Waals surface area (Å²) in [6.07, 6.45) is 0.507. The van der Waals surface area contributed by atoms with Gasteiger partial charge in [0.1, 0.15) is 15.7 Å². The van der Waals surface area contributed by atoms with Crippen molar-refractivity contribution in [2.24, 2.45) is 5.41 Å². The van der Waals surface area contributed by atoms with Gasteiger partial charge < -0.3 is 9.84 Å². The van der Waals surface area contributed by atoms with E-state index < -0.39 is 15.3 Å². The van der Waals surface area contributed by atoms with Gasteiger partial charge in [-0.1, -0.05) is 55.5 Å². The zero-order valence-corrected chi connectivity index (χ0v) is 14.0. The van der Waals surface area contributed by atoms with Crippen LogP contribution in [0.15, 0.2) is 54.6 Å². The van der Waals surface area contributed by atoms with E-state index in [0.29, 0.717) is 17.7 Å². The maximum absolute atomic E-state index is 11.8. The molecule has 2 aromatic rings. The third-order valence-corrected chi connectivity index (χ3v) is 5.85. The van der Waals surface area contributed by atoms with Gasteiger partial charge in [0.25, 0.3) is 0 Å². The van der Waals surface area contributed by atoms with Gasteiger partial charge in [-0.15, -0.1) is 23.2 Å². The zero-order valence-electron chi connectivity index (χ0n) is 12.5. The molecule has 1 N–H and O–H groups in total. The first kappa shape index (κ1) is 15.7. The van der Waals surface area contributed by atoms with Gasteiger partial charge in [-0.05, 0) is 18.1 Å². The molecular formula is C18H18Cl2O2. The van der Waals surface area contributed by atoms with Crippen molar-refractivity contribution in [1.29, 1.82) is 0 Å². The molecule has 1 fully saturated rings. The van der Waals surface area contributed by atoms with Gasteiger partial charge in [-0.25, -0.2) is 0 Å². The molecule has 0 aromatic heterocycles. The first-order valence-corrected chi connectivity index (χ1v) is 7.92. The molecule has 0 aliphatic heterocycles. The van der Waals surface area contributed by atoms with Crippen LogP contribution in [0.25, 0.3) is 0 Å². The smallest absolute Gasteiger partial charge is 0.127 e. The lowest BCUT2D eigenvalue weighted by Gasteiger charge is -2.37. The van der Waals surface area contributed by atoms with E-state index in [1.807, 2.05) is 61.5 Å². The lowest BCUT2D eigenvalue weighted by atomic mass is 9.74. The Morgan fingerprint density at radius 2 is 1.59 bits per heavy atom. The highest BCUT2D eigenvalue weighted by Crippen LogP contribution is 2.73. The van der Waals surface area contributed by atoms with Crippen molar-refractivity contribution in [3.05, 3.63) is 65.7 Å². The van der Waals surface area contributed by atoms with Crippen LogP contribution >= 0.6 is 23.2 Å². The van der Waals surface area contributed by atoms with Crippen molar-refractivity contribution in [3.8, 4) is 5.75 Å². The normalized spacial score (nSPS) is 25.3. The first-order valence-electron chi connectivity index (χ1n) is 7.16. The highest BCUT2D eigenvalue weighted by molar-refractivity contribution is 6.51. The number of para-hydroxylation sites is 1. The molecule has 0 spiro atoms. The summed E-state index contributed by atoms with van der Waals surface area (Å²) in [6.45, 7) is 1.91. The molecule has 22 heavy (non-hydrogen) atoms. The molecule has 3 rings (SSSR count). The predicted molar refractivity (Wildman–Crippen MR) is 89.6 cm³/mol. The van der Waals surface area contributed by atoms with Crippen molar-refractivity contribution in [2.75, 3.05) is 7.11 Å². The molecule has 2 atom stereocenters. The molecule has 116 valence electrons. The van der Waals surface area contributed by atoms with Gasteiger partial charge >= 0.3 is 0 Å². The average Bonchev–Trinajstić information content (AvgIpc) is 3.07. The first-order chi connectivity index (χ1) is 10.4. The fourth-order valence-electron chi connectivity index (χ4n) is 3.19. The van der Waals surface area contributed by atoms with Crippen molar-refractivity contribution >= 4 is 23.2 Å². The van der Waals surface area contributed by atoms with Crippen LogP contribution in [-0.4, -0.2) is 16.5 Å². The molecular weight excluding hydrogens is 319 g/mol. The number of hydrogen-bond acceptors (Lipinski definition) is 2. The maximum atomic E-state index is 11.8. The molecule has 0 heterocycles. The quantitative estimate of drug-likeness (QED) is 0.832. The summed E-state index contributed by atoms with van der Waals surface area (Å²) in [5, 5.41) is 11.8. The Balaban J connectivity index is 2.26. The fourth-order valence-corrected chi connectivity index (χ4v) is 3.99. The lowest BCUT2D eigenvalue weighted by molar-refractivity contribution is 0.00634. The van der Waals surface area contributed by atoms with E-state index in [4.69, 9.17) is 27.9 Å². The Hall–Kier alpha value is -1.22. The van der Waals surface area contributed by atoms with E-state index in [1.165, 1.54) is 0 Å². The minimum atomic E-state index is -1.33. The highest BCUT2D eigenvalue weighted by atomic mass is 35.5. The molecule has 1 aliphatic rings. The topological polar surface area (TPSA) is 29.5 Å². The molecule has 0 unspecified atom stereocenters. The monoisotopic (exact) mass is 336 g/mol. The van der Waals surface area contributed by atoms with Gasteiger partial charge in [-0.3, -0.25) is 0 Å². The fraction of sp³-hybridized carbons (Fsp3) is 0.333. The molecule has 4 heteroatoms. The second kappa shape index (κ2) is 5.16. The van der Waals surface area contributed by atoms with Crippen LogP contribution in [-0.2, 0) is 5.60 Å². The summed E-state index contributed by atoms with van der Waals surface area (Å²) < 4.78 is 4.48. The number of methoxy groups -OCH3 is 1. The van der Waals surface area contributed by atoms with Crippen LogP contribution in [0.4, 0.5) is 0 Å². The largest absolute Gasteiger partial charge is 0.496 e. The number of alkyl halides is 2. The molecule has 1 aliphatic carbocycles. The number of halogens is 2. The van der Waals surface area contributed by atoms with E-state index in [2.05, 4.69) is 0 Å². The van der Waals surface area contributed by atoms with Gasteiger partial charge in [0, 0.05) is 11.0 Å². The third kappa shape index (κ3) is 2.05. The van der Waals surface area contributed by atoms with Crippen molar-refractivity contribution in [3.63, 3.8) is 0 Å². The standard InChI is InChI=1S/C18H18Cl2O2/c1-16(12-17(16,19)20)18(21,13-8-4-3-5-9-13)14-10-6-7-11-15(14)22-2/h3-11,21H,12H2,1-2H3/t16-,18-/m0/s1. The molecule has 0 saturated heterocycles. The Morgan fingerprint density at radius 1 is 1.05 bits per heavy atom. The molecule has 2 aromatic carbocycles. The van der Waals surface area contributed by atoms with Crippen molar-refractivity contribution in [2.45, 2.75) is 23.3 Å². The Morgan fingerprint density at radius 3 is 2.14 bits per heavy atom. The number of aliphatic hydroxyl groups is 1. The number of benzene rings is 2. The third-order valence-electron chi connectivity index (χ3n) is 4.74. The molecule has 0 amide bonds. The van der Waals surface area contributed by atoms with Crippen LogP contribution in [0.2, 0.25) is 0 Å². The highest BCUT2D eigenvalue weighted by Gasteiger charge is 2.73. The zero-order chi connectivity index (χ0) is 16.0. The summed E-state index contributed by atoms with van der Waals surface area (Å²) in [5.74, 6) is 0.617. The Bertz CT molecular complexity index is 686. The van der Waals surface area contributed by atoms with E-state index in [1.54, 1.807) is 7.11 Å². The van der Waals surface area contributed by atoms with Crippen LogP contribution in [0.3, 0.4) is 0 Å². The second-order valence-corrected chi connectivity index (χ2v) is 7.47. The maximum Gasteiger partial charge on any atom is 0.127 e. The van der Waals surface area contributed by atoms with Gasteiger partial charge in [0.05, 0.1) is 7.11 Å². The van der Waals surface area contributed by atoms with Gasteiger partial charge in [0.15, 0.2) is 0 Å². The number of rotatable bonds is 4. The number of ether oxygens (including phenoxy) is 1. The van der Waals surface area contributed by atoms with Gasteiger partial charge in [-0.2, -0.15) is 0 Å². The lowest BCUT2D eigenvalue weighted by Crippen LogP contribution is -2.39. The second-order valence-electron chi connectivity index (χ2n) is 5.99. The molecule has 0 bridgehead atoms. The molecule has 1 saturated carbocycles. The molecule has 0 radical (unpaired) electrons. The van der Waals surface area contributed by atoms with Gasteiger partial charge in [0.2, 0.25) is 0 Å². The van der Waals surface area contributed by atoms with Crippen molar-refractivity contribution < 1.29 is 9.84 Å². The SMILES string of the molecule is COc1ccccc1[C@@](O)(c1ccccc1)[C@@]1(C)CC1(Cl)Cl. The van der Waals surface area contributed by atoms with Crippen molar-refractivity contribution in [1.82, 2.24) is 0 Å². The number of hydrogen-bond donors (Lipinski definition) is 1. The van der Waals surface area contributed by atoms with E-state index in [9.17, 15) is 5.11 Å². The summed E-state index contributed by atoms with van der Waals surface area (Å²) >= 11 is 12.8. The van der Waals surface area contributed by atoms with Crippen LogP contribution in [0.1, 0.15) is 24.5 Å². The minimum absolute atomic E-state index is 0.507. The Labute approximate surface area is 140 Å².